The van der Waals surface area contributed by atoms with Gasteiger partial charge in [0, 0.05) is 46.7 Å². The maximum atomic E-state index is 6.29. The van der Waals surface area contributed by atoms with Crippen LogP contribution in [0.5, 0.6) is 0 Å². The smallest absolute Gasteiger partial charge is 0.175 e. The van der Waals surface area contributed by atoms with E-state index in [1.165, 1.54) is 21.4 Å². The van der Waals surface area contributed by atoms with Crippen LogP contribution < -0.4 is 0 Å². The number of rotatable bonds is 9. The third-order valence-corrected chi connectivity index (χ3v) is 15.9. The second-order valence-corrected chi connectivity index (χ2v) is 25.2. The van der Waals surface area contributed by atoms with E-state index in [4.69, 9.17) is 9.72 Å². The Morgan fingerprint density at radius 1 is 1.00 bits per heavy atom. The maximum Gasteiger partial charge on any atom is 0.175 e. The van der Waals surface area contributed by atoms with Gasteiger partial charge in [-0.3, -0.25) is 4.57 Å². The first-order valence-electron chi connectivity index (χ1n) is 13.0. The van der Waals surface area contributed by atoms with Crippen molar-refractivity contribution in [2.24, 2.45) is 0 Å². The van der Waals surface area contributed by atoms with Gasteiger partial charge in [-0.2, -0.15) is 0 Å². The normalized spacial score (nSPS) is 13.0. The molecule has 0 fully saturated rings. The van der Waals surface area contributed by atoms with E-state index in [1.54, 1.807) is 11.8 Å². The van der Waals surface area contributed by atoms with Crippen molar-refractivity contribution in [1.82, 2.24) is 13.8 Å². The molecule has 0 atom stereocenters. The van der Waals surface area contributed by atoms with Crippen LogP contribution in [0.25, 0.3) is 22.2 Å². The lowest BCUT2D eigenvalue weighted by atomic mass is 10.1. The van der Waals surface area contributed by atoms with Crippen molar-refractivity contribution < 1.29 is 4.74 Å². The van der Waals surface area contributed by atoms with E-state index < -0.39 is 16.3 Å². The Balaban J connectivity index is 1.82. The third kappa shape index (κ3) is 6.36. The molecule has 198 valence electrons. The van der Waals surface area contributed by atoms with Gasteiger partial charge in [-0.25, -0.2) is 4.98 Å². The predicted molar refractivity (Wildman–Crippen MR) is 168 cm³/mol. The fourth-order valence-corrected chi connectivity index (χ4v) is 8.07. The Kier molecular flexibility index (Phi) is 8.36. The molecule has 2 heterocycles. The maximum absolute atomic E-state index is 6.29. The van der Waals surface area contributed by atoms with Gasteiger partial charge in [0.2, 0.25) is 0 Å². The number of nitrogens with zero attached hydrogens (tertiary/aromatic N) is 3. The van der Waals surface area contributed by atoms with Crippen molar-refractivity contribution in [2.45, 2.75) is 81.4 Å². The van der Waals surface area contributed by atoms with Gasteiger partial charge >= 0.3 is 0 Å². The summed E-state index contributed by atoms with van der Waals surface area (Å²) in [5, 5.41) is 2.42. The fraction of sp³-hybridized carbons (Fsp3) is 0.414. The summed E-state index contributed by atoms with van der Waals surface area (Å²) in [7, 11) is -3.04. The Bertz CT molecular complexity index is 1370. The van der Waals surface area contributed by atoms with E-state index in [0.29, 0.717) is 6.73 Å². The van der Waals surface area contributed by atoms with Crippen LogP contribution in [-0.2, 0) is 11.5 Å². The minimum atomic E-state index is -1.87. The Hall–Kier alpha value is -1.59. The summed E-state index contributed by atoms with van der Waals surface area (Å²) < 4.78 is 12.2. The topological polar surface area (TPSA) is 32.0 Å². The minimum absolute atomic E-state index is 0.201. The number of aromatic nitrogens is 3. The van der Waals surface area contributed by atoms with E-state index in [1.807, 2.05) is 6.20 Å². The first-order chi connectivity index (χ1) is 17.3. The van der Waals surface area contributed by atoms with Crippen LogP contribution in [0.1, 0.15) is 20.8 Å². The lowest BCUT2D eigenvalue weighted by Gasteiger charge is -2.38. The molecule has 0 aliphatic carbocycles. The van der Waals surface area contributed by atoms with Gasteiger partial charge in [0.1, 0.15) is 6.73 Å². The first-order valence-corrected chi connectivity index (χ1v) is 21.2. The highest BCUT2D eigenvalue weighted by Gasteiger charge is 2.39. The average Bonchev–Trinajstić information content (AvgIpc) is 3.37. The highest BCUT2D eigenvalue weighted by molar-refractivity contribution is 9.10. The number of ether oxygens (including phenoxy) is 1. The molecule has 2 aromatic heterocycles. The van der Waals surface area contributed by atoms with Crippen LogP contribution in [0, 0.1) is 0 Å². The standard InChI is InChI=1S/C29H40BrN3OSSi2/c1-29(2,3)37(7,8)33-20-25(24-15-14-22(30)18-26(24)33)27-19-31-28(35-23-12-10-9-11-13-23)32(27)21-34-16-17-36(4,5)6/h9-15,18-20H,16-17,21H2,1-8H3. The summed E-state index contributed by atoms with van der Waals surface area (Å²) >= 11 is 5.42. The molecule has 0 bridgehead atoms. The van der Waals surface area contributed by atoms with Gasteiger partial charge in [0.05, 0.1) is 11.9 Å². The van der Waals surface area contributed by atoms with E-state index in [9.17, 15) is 0 Å². The van der Waals surface area contributed by atoms with E-state index in [0.717, 1.165) is 28.0 Å². The molecule has 0 spiro atoms. The summed E-state index contributed by atoms with van der Waals surface area (Å²) in [6.45, 7) is 20.5. The molecule has 0 saturated heterocycles. The zero-order valence-electron chi connectivity index (χ0n) is 23.4. The van der Waals surface area contributed by atoms with Crippen LogP contribution in [0.4, 0.5) is 0 Å². The van der Waals surface area contributed by atoms with E-state index in [2.05, 4.69) is 133 Å². The summed E-state index contributed by atoms with van der Waals surface area (Å²) in [5.74, 6) is 0. The molecule has 4 nitrogen and oxygen atoms in total. The Morgan fingerprint density at radius 2 is 1.70 bits per heavy atom. The van der Waals surface area contributed by atoms with Crippen LogP contribution in [0.2, 0.25) is 43.8 Å². The number of hydrogen-bond acceptors (Lipinski definition) is 3. The first kappa shape index (κ1) is 28.4. The molecule has 0 N–H and O–H groups in total. The minimum Gasteiger partial charge on any atom is -0.373 e. The van der Waals surface area contributed by atoms with E-state index >= 15 is 0 Å². The van der Waals surface area contributed by atoms with E-state index in [-0.39, 0.29) is 5.04 Å². The molecular formula is C29H40BrN3OSSi2. The molecule has 0 amide bonds. The molecule has 2 aromatic carbocycles. The van der Waals surface area contributed by atoms with Gasteiger partial charge in [-0.1, -0.05) is 105 Å². The fourth-order valence-electron chi connectivity index (χ4n) is 4.14. The highest BCUT2D eigenvalue weighted by Crippen LogP contribution is 2.43. The Morgan fingerprint density at radius 3 is 2.35 bits per heavy atom. The number of fused-ring (bicyclic) bond motifs is 1. The van der Waals surface area contributed by atoms with Crippen LogP contribution in [0.15, 0.2) is 75.4 Å². The van der Waals surface area contributed by atoms with Crippen molar-refractivity contribution in [3.8, 4) is 11.3 Å². The molecule has 0 unspecified atom stereocenters. The SMILES string of the molecule is CC(C)(C)[Si](C)(C)n1cc(-c2cnc(Sc3ccccc3)n2COCC[Si](C)(C)C)c2ccc(Br)cc21. The summed E-state index contributed by atoms with van der Waals surface area (Å²) in [4.78, 5) is 6.08. The molecular weight excluding hydrogens is 574 g/mol. The predicted octanol–water partition coefficient (Wildman–Crippen LogP) is 9.58. The third-order valence-electron chi connectivity index (χ3n) is 7.47. The number of imidazole rings is 1. The van der Waals surface area contributed by atoms with Crippen LogP contribution >= 0.6 is 27.7 Å². The van der Waals surface area contributed by atoms with Gasteiger partial charge < -0.3 is 8.97 Å². The molecule has 0 saturated carbocycles. The van der Waals surface area contributed by atoms with Crippen molar-refractivity contribution in [3.63, 3.8) is 0 Å². The van der Waals surface area contributed by atoms with Crippen molar-refractivity contribution in [1.29, 1.82) is 0 Å². The Labute approximate surface area is 237 Å². The lowest BCUT2D eigenvalue weighted by Crippen LogP contribution is -2.44. The van der Waals surface area contributed by atoms with Crippen LogP contribution in [0.3, 0.4) is 0 Å². The van der Waals surface area contributed by atoms with Crippen molar-refractivity contribution in [2.75, 3.05) is 6.61 Å². The monoisotopic (exact) mass is 613 g/mol. The van der Waals surface area contributed by atoms with Crippen molar-refractivity contribution >= 4 is 54.9 Å². The van der Waals surface area contributed by atoms with Gasteiger partial charge in [-0.15, -0.1) is 0 Å². The largest absolute Gasteiger partial charge is 0.373 e. The number of halogens is 1. The summed E-state index contributed by atoms with van der Waals surface area (Å²) in [6.07, 6.45) is 4.40. The van der Waals surface area contributed by atoms with Gasteiger partial charge in [0.15, 0.2) is 13.4 Å². The highest BCUT2D eigenvalue weighted by atomic mass is 79.9. The molecule has 4 rings (SSSR count). The molecule has 8 heteroatoms. The van der Waals surface area contributed by atoms with Crippen molar-refractivity contribution in [3.05, 3.63) is 65.4 Å². The quantitative estimate of drug-likeness (QED) is 0.139. The second kappa shape index (κ2) is 10.9. The van der Waals surface area contributed by atoms with Gasteiger partial charge in [0.25, 0.3) is 0 Å². The molecule has 0 aliphatic rings. The van der Waals surface area contributed by atoms with Gasteiger partial charge in [-0.05, 0) is 35.3 Å². The number of hydrogen-bond donors (Lipinski definition) is 0. The zero-order valence-corrected chi connectivity index (χ0v) is 27.8. The molecule has 0 aliphatic heterocycles. The lowest BCUT2D eigenvalue weighted by molar-refractivity contribution is 0.0825. The number of benzene rings is 2. The average molecular weight is 615 g/mol. The molecule has 0 radical (unpaired) electrons. The zero-order chi connectivity index (χ0) is 27.0. The van der Waals surface area contributed by atoms with Crippen LogP contribution in [-0.4, -0.2) is 36.7 Å². The summed E-state index contributed by atoms with van der Waals surface area (Å²) in [6, 6.07) is 18.3. The second-order valence-electron chi connectivity index (χ2n) is 12.5. The molecule has 37 heavy (non-hydrogen) atoms. The summed E-state index contributed by atoms with van der Waals surface area (Å²) in [5.41, 5.74) is 3.60. The molecule has 4 aromatic rings.